The normalized spacial score (nSPS) is 11.1. The Morgan fingerprint density at radius 1 is 1.39 bits per heavy atom. The van der Waals surface area contributed by atoms with Crippen molar-refractivity contribution >= 4 is 17.8 Å². The van der Waals surface area contributed by atoms with Gasteiger partial charge in [-0.2, -0.15) is 0 Å². The van der Waals surface area contributed by atoms with Crippen molar-refractivity contribution in [1.29, 1.82) is 0 Å². The Bertz CT molecular complexity index is 482. The minimum Gasteiger partial charge on any atom is -0.382 e. The molecule has 0 atom stereocenters. The maximum absolute atomic E-state index is 12.3. The fourth-order valence-corrected chi connectivity index (χ4v) is 1.79. The molecule has 1 aromatic heterocycles. The molecule has 0 saturated carbocycles. The van der Waals surface area contributed by atoms with Crippen LogP contribution in [0.25, 0.3) is 0 Å². The molecule has 23 heavy (non-hydrogen) atoms. The molecular formula is C15H26N4O4. The van der Waals surface area contributed by atoms with Gasteiger partial charge in [-0.15, -0.1) is 0 Å². The summed E-state index contributed by atoms with van der Waals surface area (Å²) in [6, 6.07) is 1.25. The fourth-order valence-electron chi connectivity index (χ4n) is 1.79. The lowest BCUT2D eigenvalue weighted by molar-refractivity contribution is -0.116. The average molecular weight is 326 g/mol. The number of urea groups is 1. The number of anilines is 1. The van der Waals surface area contributed by atoms with Crippen LogP contribution < -0.4 is 10.6 Å². The van der Waals surface area contributed by atoms with Crippen LogP contribution in [0.1, 0.15) is 34.1 Å². The minimum atomic E-state index is -0.377. The SMILES string of the molecule is CCOCCCN(CC(=O)Nc1ccon1)C(=O)NC(C)(C)C. The third-order valence-corrected chi connectivity index (χ3v) is 2.73. The van der Waals surface area contributed by atoms with Crippen molar-refractivity contribution in [3.63, 3.8) is 0 Å². The Hall–Kier alpha value is -2.09. The van der Waals surface area contributed by atoms with Crippen LogP contribution in [-0.4, -0.2) is 53.8 Å². The maximum atomic E-state index is 12.3. The van der Waals surface area contributed by atoms with E-state index in [2.05, 4.69) is 20.3 Å². The van der Waals surface area contributed by atoms with Gasteiger partial charge in [0.1, 0.15) is 12.8 Å². The second kappa shape index (κ2) is 9.14. The van der Waals surface area contributed by atoms with Crippen molar-refractivity contribution in [2.75, 3.05) is 31.6 Å². The van der Waals surface area contributed by atoms with E-state index in [9.17, 15) is 9.59 Å². The first-order valence-electron chi connectivity index (χ1n) is 7.67. The Kier molecular flexibility index (Phi) is 7.53. The van der Waals surface area contributed by atoms with Crippen LogP contribution in [-0.2, 0) is 9.53 Å². The topological polar surface area (TPSA) is 96.7 Å². The quantitative estimate of drug-likeness (QED) is 0.711. The standard InChI is InChI=1S/C15H26N4O4/c1-5-22-9-6-8-19(14(21)17-15(2,3)4)11-13(20)16-12-7-10-23-18-12/h7,10H,5-6,8-9,11H2,1-4H3,(H,17,21)(H,16,18,20). The van der Waals surface area contributed by atoms with Gasteiger partial charge >= 0.3 is 6.03 Å². The van der Waals surface area contributed by atoms with Gasteiger partial charge in [0.15, 0.2) is 5.82 Å². The number of amides is 3. The van der Waals surface area contributed by atoms with Crippen LogP contribution in [0.15, 0.2) is 16.9 Å². The number of rotatable bonds is 8. The Labute approximate surface area is 136 Å². The Morgan fingerprint density at radius 2 is 2.13 bits per heavy atom. The van der Waals surface area contributed by atoms with Gasteiger partial charge in [-0.25, -0.2) is 4.79 Å². The summed E-state index contributed by atoms with van der Waals surface area (Å²) in [6.45, 7) is 9.10. The first-order valence-corrected chi connectivity index (χ1v) is 7.67. The van der Waals surface area contributed by atoms with E-state index < -0.39 is 0 Å². The number of nitrogens with one attached hydrogen (secondary N) is 2. The third kappa shape index (κ3) is 8.20. The lowest BCUT2D eigenvalue weighted by atomic mass is 10.1. The predicted molar refractivity (Wildman–Crippen MR) is 86.1 cm³/mol. The maximum Gasteiger partial charge on any atom is 0.318 e. The second-order valence-electron chi connectivity index (χ2n) is 6.09. The van der Waals surface area contributed by atoms with E-state index in [-0.39, 0.29) is 24.0 Å². The Balaban J connectivity index is 2.58. The number of aromatic nitrogens is 1. The first-order chi connectivity index (χ1) is 10.8. The van der Waals surface area contributed by atoms with Crippen molar-refractivity contribution in [2.24, 2.45) is 0 Å². The summed E-state index contributed by atoms with van der Waals surface area (Å²) in [6.07, 6.45) is 2.02. The molecule has 0 aliphatic heterocycles. The summed E-state index contributed by atoms with van der Waals surface area (Å²) in [7, 11) is 0. The molecule has 0 spiro atoms. The number of hydrogen-bond acceptors (Lipinski definition) is 5. The molecule has 1 aromatic rings. The number of carbonyl (C=O) groups is 2. The summed E-state index contributed by atoms with van der Waals surface area (Å²) >= 11 is 0. The van der Waals surface area contributed by atoms with Gasteiger partial charge in [0.2, 0.25) is 5.91 Å². The largest absolute Gasteiger partial charge is 0.382 e. The first kappa shape index (κ1) is 19.0. The van der Waals surface area contributed by atoms with Crippen LogP contribution in [0.3, 0.4) is 0 Å². The highest BCUT2D eigenvalue weighted by atomic mass is 16.5. The zero-order valence-electron chi connectivity index (χ0n) is 14.2. The highest BCUT2D eigenvalue weighted by molar-refractivity contribution is 5.93. The van der Waals surface area contributed by atoms with E-state index in [1.807, 2.05) is 27.7 Å². The molecular weight excluding hydrogens is 300 g/mol. The summed E-state index contributed by atoms with van der Waals surface area (Å²) < 4.78 is 9.92. The zero-order valence-corrected chi connectivity index (χ0v) is 14.2. The molecule has 2 N–H and O–H groups in total. The zero-order chi connectivity index (χ0) is 17.3. The van der Waals surface area contributed by atoms with E-state index in [0.717, 1.165) is 0 Å². The van der Waals surface area contributed by atoms with Gasteiger partial charge in [-0.3, -0.25) is 4.79 Å². The van der Waals surface area contributed by atoms with Gasteiger partial charge in [0, 0.05) is 31.4 Å². The molecule has 0 aliphatic carbocycles. The number of nitrogens with zero attached hydrogens (tertiary/aromatic N) is 2. The number of carbonyl (C=O) groups excluding carboxylic acids is 2. The van der Waals surface area contributed by atoms with E-state index in [1.165, 1.54) is 17.2 Å². The molecule has 1 heterocycles. The van der Waals surface area contributed by atoms with Gasteiger partial charge in [-0.1, -0.05) is 5.16 Å². The second-order valence-corrected chi connectivity index (χ2v) is 6.09. The minimum absolute atomic E-state index is 0.0686. The molecule has 3 amide bonds. The molecule has 1 rings (SSSR count). The summed E-state index contributed by atoms with van der Waals surface area (Å²) in [4.78, 5) is 25.8. The molecule has 0 aliphatic rings. The number of ether oxygens (including phenoxy) is 1. The van der Waals surface area contributed by atoms with E-state index >= 15 is 0 Å². The summed E-state index contributed by atoms with van der Waals surface area (Å²) in [5, 5.41) is 9.04. The lowest BCUT2D eigenvalue weighted by Gasteiger charge is -2.28. The molecule has 8 nitrogen and oxygen atoms in total. The van der Waals surface area contributed by atoms with Crippen molar-refractivity contribution < 1.29 is 18.8 Å². The molecule has 0 saturated heterocycles. The molecule has 8 heteroatoms. The van der Waals surface area contributed by atoms with Crippen LogP contribution in [0.4, 0.5) is 10.6 Å². The van der Waals surface area contributed by atoms with Crippen LogP contribution >= 0.6 is 0 Å². The molecule has 0 unspecified atom stereocenters. The van der Waals surface area contributed by atoms with E-state index in [4.69, 9.17) is 4.74 Å². The highest BCUT2D eigenvalue weighted by Crippen LogP contribution is 2.04. The van der Waals surface area contributed by atoms with Crippen molar-refractivity contribution in [1.82, 2.24) is 15.4 Å². The highest BCUT2D eigenvalue weighted by Gasteiger charge is 2.21. The van der Waals surface area contributed by atoms with Gasteiger partial charge < -0.3 is 24.8 Å². The van der Waals surface area contributed by atoms with Crippen molar-refractivity contribution in [3.05, 3.63) is 12.3 Å². The monoisotopic (exact) mass is 326 g/mol. The molecule has 0 aromatic carbocycles. The lowest BCUT2D eigenvalue weighted by Crippen LogP contribution is -2.50. The summed E-state index contributed by atoms with van der Waals surface area (Å²) in [5.74, 6) is -0.0140. The van der Waals surface area contributed by atoms with E-state index in [1.54, 1.807) is 0 Å². The van der Waals surface area contributed by atoms with Crippen molar-refractivity contribution in [2.45, 2.75) is 39.7 Å². The van der Waals surface area contributed by atoms with Gasteiger partial charge in [-0.05, 0) is 34.1 Å². The van der Waals surface area contributed by atoms with E-state index in [0.29, 0.717) is 32.0 Å². The molecule has 130 valence electrons. The van der Waals surface area contributed by atoms with Crippen LogP contribution in [0.5, 0.6) is 0 Å². The summed E-state index contributed by atoms with van der Waals surface area (Å²) in [5.41, 5.74) is -0.377. The smallest absolute Gasteiger partial charge is 0.318 e. The predicted octanol–water partition coefficient (Wildman–Crippen LogP) is 1.85. The third-order valence-electron chi connectivity index (χ3n) is 2.73. The molecule has 0 bridgehead atoms. The van der Waals surface area contributed by atoms with Crippen LogP contribution in [0.2, 0.25) is 0 Å². The number of hydrogen-bond donors (Lipinski definition) is 2. The molecule has 0 fully saturated rings. The van der Waals surface area contributed by atoms with Crippen LogP contribution in [0, 0.1) is 0 Å². The molecule has 0 radical (unpaired) electrons. The fraction of sp³-hybridized carbons (Fsp3) is 0.667. The van der Waals surface area contributed by atoms with Gasteiger partial charge in [0.05, 0.1) is 0 Å². The average Bonchev–Trinajstić information content (AvgIpc) is 2.93. The van der Waals surface area contributed by atoms with Gasteiger partial charge in [0.25, 0.3) is 0 Å². The Morgan fingerprint density at radius 3 is 2.70 bits per heavy atom. The van der Waals surface area contributed by atoms with Crippen molar-refractivity contribution in [3.8, 4) is 0 Å².